The van der Waals surface area contributed by atoms with Gasteiger partial charge in [0, 0.05) is 0 Å². The summed E-state index contributed by atoms with van der Waals surface area (Å²) in [7, 11) is -1.92. The molecular weight excluding hydrogens is 427 g/mol. The molecule has 0 atom stereocenters. The van der Waals surface area contributed by atoms with E-state index in [9.17, 15) is 0 Å². The van der Waals surface area contributed by atoms with E-state index in [0.717, 1.165) is 6.16 Å². The topological polar surface area (TPSA) is 0 Å². The van der Waals surface area contributed by atoms with Crippen LogP contribution in [0.2, 0.25) is 0 Å². The summed E-state index contributed by atoms with van der Waals surface area (Å²) >= 11 is 0. The first kappa shape index (κ1) is 24.4. The average Bonchev–Trinajstić information content (AvgIpc) is 2.83. The van der Waals surface area contributed by atoms with E-state index in [1.165, 1.54) is 32.6 Å². The van der Waals surface area contributed by atoms with Crippen LogP contribution in [0.3, 0.4) is 0 Å². The van der Waals surface area contributed by atoms with Gasteiger partial charge >= 0.3 is 0 Å². The highest BCUT2D eigenvalue weighted by atomic mass is 31.2. The monoisotopic (exact) mass is 465 g/mol. The molecule has 4 aromatic rings. The minimum Gasteiger partial charge on any atom is -0.0620 e. The van der Waals surface area contributed by atoms with E-state index < -0.39 is 7.26 Å². The third-order valence-corrected chi connectivity index (χ3v) is 11.1. The largest absolute Gasteiger partial charge is 0.116 e. The molecule has 0 aliphatic heterocycles. The quantitative estimate of drug-likeness (QED) is 0.264. The fourth-order valence-corrected chi connectivity index (χ4v) is 8.91. The molecular formula is C33H38P+. The normalized spacial score (nSPS) is 12.5. The summed E-state index contributed by atoms with van der Waals surface area (Å²) in [6, 6.07) is 41.0. The Kier molecular flexibility index (Phi) is 6.84. The van der Waals surface area contributed by atoms with Crippen LogP contribution in [0, 0.1) is 0 Å². The van der Waals surface area contributed by atoms with Crippen LogP contribution in [-0.2, 0) is 17.0 Å². The second-order valence-corrected chi connectivity index (χ2v) is 14.9. The molecule has 0 aliphatic rings. The fourth-order valence-electron chi connectivity index (χ4n) is 4.69. The first-order valence-corrected chi connectivity index (χ1v) is 14.3. The molecule has 174 valence electrons. The molecule has 0 saturated heterocycles. The molecule has 4 rings (SSSR count). The maximum absolute atomic E-state index is 2.47. The zero-order valence-electron chi connectivity index (χ0n) is 21.5. The zero-order valence-corrected chi connectivity index (χ0v) is 22.4. The van der Waals surface area contributed by atoms with Crippen molar-refractivity contribution in [3.63, 3.8) is 0 Å². The first-order valence-electron chi connectivity index (χ1n) is 12.3. The van der Waals surface area contributed by atoms with E-state index in [-0.39, 0.29) is 10.8 Å². The van der Waals surface area contributed by atoms with Gasteiger partial charge in [0.05, 0.1) is 6.16 Å². The van der Waals surface area contributed by atoms with Crippen LogP contribution in [0.15, 0.2) is 109 Å². The maximum atomic E-state index is 2.47. The SMILES string of the molecule is CC(C)(C)c1cc(C[P+](c2ccccc2)(c2ccccc2)c2ccccc2)cc(C(C)(C)C)c1. The van der Waals surface area contributed by atoms with Gasteiger partial charge in [-0.25, -0.2) is 0 Å². The number of hydrogen-bond donors (Lipinski definition) is 0. The Bertz CT molecular complexity index is 1080. The Hall–Kier alpha value is -2.69. The Balaban J connectivity index is 2.02. The second-order valence-electron chi connectivity index (χ2n) is 11.4. The number of benzene rings is 4. The molecule has 1 heteroatoms. The van der Waals surface area contributed by atoms with Crippen LogP contribution in [0.1, 0.15) is 58.2 Å². The van der Waals surface area contributed by atoms with Crippen molar-refractivity contribution in [3.05, 3.63) is 126 Å². The lowest BCUT2D eigenvalue weighted by Gasteiger charge is -2.30. The summed E-state index contributed by atoms with van der Waals surface area (Å²) in [5, 5.41) is 4.31. The van der Waals surface area contributed by atoms with Gasteiger partial charge in [0.1, 0.15) is 23.2 Å². The Morgan fingerprint density at radius 1 is 0.471 bits per heavy atom. The number of hydrogen-bond acceptors (Lipinski definition) is 0. The highest BCUT2D eigenvalue weighted by molar-refractivity contribution is 7.95. The van der Waals surface area contributed by atoms with E-state index in [2.05, 4.69) is 151 Å². The smallest absolute Gasteiger partial charge is 0.0620 e. The van der Waals surface area contributed by atoms with Crippen molar-refractivity contribution in [2.45, 2.75) is 58.5 Å². The van der Waals surface area contributed by atoms with Gasteiger partial charge in [0.2, 0.25) is 0 Å². The van der Waals surface area contributed by atoms with Crippen molar-refractivity contribution in [2.24, 2.45) is 0 Å². The van der Waals surface area contributed by atoms with Crippen LogP contribution in [0.25, 0.3) is 0 Å². The van der Waals surface area contributed by atoms with Gasteiger partial charge in [0.25, 0.3) is 0 Å². The first-order chi connectivity index (χ1) is 16.1. The van der Waals surface area contributed by atoms with Crippen molar-refractivity contribution in [1.82, 2.24) is 0 Å². The van der Waals surface area contributed by atoms with Crippen molar-refractivity contribution in [1.29, 1.82) is 0 Å². The summed E-state index contributed by atoms with van der Waals surface area (Å²) in [5.74, 6) is 0. The number of rotatable bonds is 5. The van der Waals surface area contributed by atoms with Gasteiger partial charge in [0.15, 0.2) is 0 Å². The van der Waals surface area contributed by atoms with Gasteiger partial charge < -0.3 is 0 Å². The van der Waals surface area contributed by atoms with E-state index in [1.807, 2.05) is 0 Å². The van der Waals surface area contributed by atoms with Crippen LogP contribution < -0.4 is 15.9 Å². The summed E-state index contributed by atoms with van der Waals surface area (Å²) < 4.78 is 0. The average molecular weight is 466 g/mol. The van der Waals surface area contributed by atoms with Crippen LogP contribution >= 0.6 is 7.26 Å². The molecule has 4 aromatic carbocycles. The van der Waals surface area contributed by atoms with Crippen LogP contribution in [0.5, 0.6) is 0 Å². The Morgan fingerprint density at radius 3 is 1.09 bits per heavy atom. The van der Waals surface area contributed by atoms with E-state index in [4.69, 9.17) is 0 Å². The predicted molar refractivity (Wildman–Crippen MR) is 153 cm³/mol. The maximum Gasteiger partial charge on any atom is 0.116 e. The van der Waals surface area contributed by atoms with Crippen molar-refractivity contribution in [3.8, 4) is 0 Å². The third kappa shape index (κ3) is 5.03. The molecule has 0 unspecified atom stereocenters. The molecule has 0 fully saturated rings. The summed E-state index contributed by atoms with van der Waals surface area (Å²) in [6.45, 7) is 14.0. The highest BCUT2D eigenvalue weighted by Gasteiger charge is 2.45. The minimum atomic E-state index is -1.92. The molecule has 0 heterocycles. The molecule has 0 spiro atoms. The molecule has 0 nitrogen and oxygen atoms in total. The van der Waals surface area contributed by atoms with Gasteiger partial charge in [-0.15, -0.1) is 0 Å². The van der Waals surface area contributed by atoms with Crippen LogP contribution in [0.4, 0.5) is 0 Å². The standard InChI is InChI=1S/C33H38P/c1-32(2,3)27-22-26(23-28(24-27)33(4,5)6)25-34(29-16-10-7-11-17-29,30-18-12-8-13-19-30)31-20-14-9-15-21-31/h7-24H,25H2,1-6H3/q+1. The molecule has 0 aromatic heterocycles. The Labute approximate surface area is 207 Å². The van der Waals surface area contributed by atoms with Gasteiger partial charge in [-0.3, -0.25) is 0 Å². The fraction of sp³-hybridized carbons (Fsp3) is 0.273. The molecule has 34 heavy (non-hydrogen) atoms. The molecule has 0 bridgehead atoms. The molecule has 0 saturated carbocycles. The molecule has 0 amide bonds. The van der Waals surface area contributed by atoms with Gasteiger partial charge in [-0.05, 0) is 63.9 Å². The highest BCUT2D eigenvalue weighted by Crippen LogP contribution is 2.58. The van der Waals surface area contributed by atoms with E-state index in [1.54, 1.807) is 0 Å². The molecule has 0 aliphatic carbocycles. The minimum absolute atomic E-state index is 0.101. The predicted octanol–water partition coefficient (Wildman–Crippen LogP) is 7.78. The second kappa shape index (κ2) is 9.52. The van der Waals surface area contributed by atoms with Gasteiger partial charge in [-0.2, -0.15) is 0 Å². The van der Waals surface area contributed by atoms with E-state index in [0.29, 0.717) is 0 Å². The lowest BCUT2D eigenvalue weighted by molar-refractivity contribution is 0.567. The summed E-state index contributed by atoms with van der Waals surface area (Å²) in [5.41, 5.74) is 4.47. The van der Waals surface area contributed by atoms with Gasteiger partial charge in [-0.1, -0.05) is 114 Å². The lowest BCUT2D eigenvalue weighted by Crippen LogP contribution is -2.32. The van der Waals surface area contributed by atoms with Crippen molar-refractivity contribution in [2.75, 3.05) is 0 Å². The summed E-state index contributed by atoms with van der Waals surface area (Å²) in [4.78, 5) is 0. The van der Waals surface area contributed by atoms with Crippen molar-refractivity contribution >= 4 is 23.2 Å². The third-order valence-electron chi connectivity index (χ3n) is 6.74. The van der Waals surface area contributed by atoms with E-state index >= 15 is 0 Å². The van der Waals surface area contributed by atoms with Crippen molar-refractivity contribution < 1.29 is 0 Å². The zero-order chi connectivity index (χ0) is 24.4. The molecule has 0 N–H and O–H groups in total. The summed E-state index contributed by atoms with van der Waals surface area (Å²) in [6.07, 6.45) is 1.01. The molecule has 0 radical (unpaired) electrons. The lowest BCUT2D eigenvalue weighted by atomic mass is 9.80. The Morgan fingerprint density at radius 2 is 0.794 bits per heavy atom. The van der Waals surface area contributed by atoms with Crippen LogP contribution in [-0.4, -0.2) is 0 Å².